The van der Waals surface area contributed by atoms with Crippen molar-refractivity contribution in [2.75, 3.05) is 13.1 Å². The maximum atomic E-state index is 13.1. The minimum Gasteiger partial charge on any atom is -0.367 e. The molecule has 2 atom stereocenters. The third-order valence-electron chi connectivity index (χ3n) is 3.88. The van der Waals surface area contributed by atoms with Gasteiger partial charge in [-0.1, -0.05) is 12.1 Å². The first-order chi connectivity index (χ1) is 11.0. The Bertz CT molecular complexity index is 685. The summed E-state index contributed by atoms with van der Waals surface area (Å²) in [6.07, 6.45) is -0.438. The maximum Gasteiger partial charge on any atom is 0.254 e. The second-order valence-corrected chi connectivity index (χ2v) is 5.70. The van der Waals surface area contributed by atoms with E-state index in [1.807, 2.05) is 6.92 Å². The first-order valence-electron chi connectivity index (χ1n) is 7.48. The molecule has 1 amide bonds. The summed E-state index contributed by atoms with van der Waals surface area (Å²) in [5.74, 6) is -0.842. The number of nitrogens with zero attached hydrogens (tertiary/aromatic N) is 1. The van der Waals surface area contributed by atoms with Gasteiger partial charge in [0, 0.05) is 12.1 Å². The van der Waals surface area contributed by atoms with E-state index in [1.54, 1.807) is 17.0 Å². The predicted molar refractivity (Wildman–Crippen MR) is 82.0 cm³/mol. The third-order valence-corrected chi connectivity index (χ3v) is 3.88. The second-order valence-electron chi connectivity index (χ2n) is 5.70. The molecular weight excluding hydrogens is 300 g/mol. The molecule has 3 nitrogen and oxygen atoms in total. The summed E-state index contributed by atoms with van der Waals surface area (Å²) in [5.41, 5.74) is 1.27. The van der Waals surface area contributed by atoms with Crippen LogP contribution in [-0.2, 0) is 4.74 Å². The highest BCUT2D eigenvalue weighted by molar-refractivity contribution is 5.94. The van der Waals surface area contributed by atoms with Crippen molar-refractivity contribution in [1.29, 1.82) is 0 Å². The molecule has 3 rings (SSSR count). The molecule has 0 aromatic heterocycles. The Labute approximate surface area is 133 Å². The number of hydrogen-bond donors (Lipinski definition) is 0. The molecule has 120 valence electrons. The van der Waals surface area contributed by atoms with Crippen molar-refractivity contribution in [3.63, 3.8) is 0 Å². The first-order valence-corrected chi connectivity index (χ1v) is 7.48. The number of halogens is 2. The molecule has 23 heavy (non-hydrogen) atoms. The van der Waals surface area contributed by atoms with Crippen LogP contribution in [-0.4, -0.2) is 30.0 Å². The molecule has 1 saturated heterocycles. The van der Waals surface area contributed by atoms with E-state index in [4.69, 9.17) is 4.74 Å². The van der Waals surface area contributed by atoms with Crippen LogP contribution >= 0.6 is 0 Å². The highest BCUT2D eigenvalue weighted by Gasteiger charge is 2.29. The van der Waals surface area contributed by atoms with Crippen LogP contribution in [0, 0.1) is 11.6 Å². The highest BCUT2D eigenvalue weighted by atomic mass is 19.1. The fourth-order valence-electron chi connectivity index (χ4n) is 2.75. The molecule has 0 saturated carbocycles. The van der Waals surface area contributed by atoms with E-state index >= 15 is 0 Å². The highest BCUT2D eigenvalue weighted by Crippen LogP contribution is 2.26. The van der Waals surface area contributed by atoms with Gasteiger partial charge >= 0.3 is 0 Å². The molecule has 0 bridgehead atoms. The van der Waals surface area contributed by atoms with Gasteiger partial charge in [0.05, 0.1) is 12.6 Å². The molecule has 2 aromatic carbocycles. The van der Waals surface area contributed by atoms with Crippen LogP contribution in [0.15, 0.2) is 48.5 Å². The minimum absolute atomic E-state index is 0.136. The number of ether oxygens (including phenoxy) is 1. The first kappa shape index (κ1) is 15.6. The zero-order chi connectivity index (χ0) is 16.4. The Balaban J connectivity index is 1.78. The Kier molecular flexibility index (Phi) is 4.39. The zero-order valence-corrected chi connectivity index (χ0v) is 12.7. The lowest BCUT2D eigenvalue weighted by atomic mass is 10.1. The Hall–Kier alpha value is -2.27. The summed E-state index contributed by atoms with van der Waals surface area (Å²) in [6, 6.07) is 11.6. The molecule has 1 fully saturated rings. The van der Waals surface area contributed by atoms with Gasteiger partial charge in [-0.15, -0.1) is 0 Å². The Morgan fingerprint density at radius 2 is 1.57 bits per heavy atom. The lowest BCUT2D eigenvalue weighted by Gasteiger charge is -2.37. The van der Waals surface area contributed by atoms with Crippen LogP contribution in [0.4, 0.5) is 8.78 Å². The molecule has 0 radical (unpaired) electrons. The molecule has 2 unspecified atom stereocenters. The van der Waals surface area contributed by atoms with Gasteiger partial charge in [-0.05, 0) is 48.9 Å². The van der Waals surface area contributed by atoms with Gasteiger partial charge in [-0.25, -0.2) is 8.78 Å². The topological polar surface area (TPSA) is 29.5 Å². The summed E-state index contributed by atoms with van der Waals surface area (Å²) in [6.45, 7) is 2.74. The van der Waals surface area contributed by atoms with Crippen LogP contribution in [0.1, 0.15) is 28.9 Å². The van der Waals surface area contributed by atoms with E-state index in [0.29, 0.717) is 18.7 Å². The smallest absolute Gasteiger partial charge is 0.254 e. The van der Waals surface area contributed by atoms with Crippen molar-refractivity contribution in [3.05, 3.63) is 71.3 Å². The van der Waals surface area contributed by atoms with Gasteiger partial charge in [-0.2, -0.15) is 0 Å². The van der Waals surface area contributed by atoms with Crippen molar-refractivity contribution in [3.8, 4) is 0 Å². The van der Waals surface area contributed by atoms with Gasteiger partial charge < -0.3 is 9.64 Å². The van der Waals surface area contributed by atoms with Crippen molar-refractivity contribution >= 4 is 5.91 Å². The molecule has 5 heteroatoms. The Morgan fingerprint density at radius 3 is 2.17 bits per heavy atom. The van der Waals surface area contributed by atoms with E-state index in [2.05, 4.69) is 0 Å². The standard InChI is InChI=1S/C18H17F2NO2/c1-12-10-21(18(22)14-4-8-16(20)9-5-14)11-17(23-12)13-2-6-15(19)7-3-13/h2-9,12,17H,10-11H2,1H3. The molecule has 1 aliphatic rings. The fraction of sp³-hybridized carbons (Fsp3) is 0.278. The third kappa shape index (κ3) is 3.56. The van der Waals surface area contributed by atoms with E-state index in [-0.39, 0.29) is 29.7 Å². The molecule has 1 aliphatic heterocycles. The predicted octanol–water partition coefficient (Wildman–Crippen LogP) is 3.57. The van der Waals surface area contributed by atoms with E-state index in [0.717, 1.165) is 5.56 Å². The number of carbonyl (C=O) groups excluding carboxylic acids is 1. The number of benzene rings is 2. The van der Waals surface area contributed by atoms with Gasteiger partial charge in [0.2, 0.25) is 0 Å². The fourth-order valence-corrected chi connectivity index (χ4v) is 2.75. The number of hydrogen-bond acceptors (Lipinski definition) is 2. The molecule has 2 aromatic rings. The number of amides is 1. The molecule has 0 spiro atoms. The van der Waals surface area contributed by atoms with E-state index in [1.165, 1.54) is 36.4 Å². The number of carbonyl (C=O) groups is 1. The lowest BCUT2D eigenvalue weighted by Crippen LogP contribution is -2.45. The number of morpholine rings is 1. The normalized spacial score (nSPS) is 21.3. The molecule has 0 N–H and O–H groups in total. The zero-order valence-electron chi connectivity index (χ0n) is 12.7. The SMILES string of the molecule is CC1CN(C(=O)c2ccc(F)cc2)CC(c2ccc(F)cc2)O1. The monoisotopic (exact) mass is 317 g/mol. The number of rotatable bonds is 2. The van der Waals surface area contributed by atoms with Gasteiger partial charge in [0.1, 0.15) is 17.7 Å². The van der Waals surface area contributed by atoms with Crippen LogP contribution in [0.2, 0.25) is 0 Å². The summed E-state index contributed by atoms with van der Waals surface area (Å²) in [7, 11) is 0. The summed E-state index contributed by atoms with van der Waals surface area (Å²) < 4.78 is 31.9. The van der Waals surface area contributed by atoms with Gasteiger partial charge in [-0.3, -0.25) is 4.79 Å². The maximum absolute atomic E-state index is 13.1. The van der Waals surface area contributed by atoms with Crippen LogP contribution in [0.25, 0.3) is 0 Å². The Morgan fingerprint density at radius 1 is 1.00 bits per heavy atom. The van der Waals surface area contributed by atoms with E-state index in [9.17, 15) is 13.6 Å². The van der Waals surface area contributed by atoms with Crippen molar-refractivity contribution < 1.29 is 18.3 Å². The molecule has 0 aliphatic carbocycles. The largest absolute Gasteiger partial charge is 0.367 e. The summed E-state index contributed by atoms with van der Waals surface area (Å²) >= 11 is 0. The van der Waals surface area contributed by atoms with Crippen LogP contribution in [0.5, 0.6) is 0 Å². The lowest BCUT2D eigenvalue weighted by molar-refractivity contribution is -0.0691. The quantitative estimate of drug-likeness (QED) is 0.847. The van der Waals surface area contributed by atoms with Crippen molar-refractivity contribution in [1.82, 2.24) is 4.90 Å². The minimum atomic E-state index is -0.374. The molecule has 1 heterocycles. The van der Waals surface area contributed by atoms with Crippen molar-refractivity contribution in [2.24, 2.45) is 0 Å². The van der Waals surface area contributed by atoms with Gasteiger partial charge in [0.15, 0.2) is 0 Å². The average Bonchev–Trinajstić information content (AvgIpc) is 2.55. The summed E-state index contributed by atoms with van der Waals surface area (Å²) in [5, 5.41) is 0. The van der Waals surface area contributed by atoms with Gasteiger partial charge in [0.25, 0.3) is 5.91 Å². The van der Waals surface area contributed by atoms with Crippen molar-refractivity contribution in [2.45, 2.75) is 19.1 Å². The molecular formula is C18H17F2NO2. The van der Waals surface area contributed by atoms with Crippen LogP contribution in [0.3, 0.4) is 0 Å². The summed E-state index contributed by atoms with van der Waals surface area (Å²) in [4.78, 5) is 14.3. The average molecular weight is 317 g/mol. The second kappa shape index (κ2) is 6.46. The van der Waals surface area contributed by atoms with E-state index < -0.39 is 0 Å². The van der Waals surface area contributed by atoms with Crippen LogP contribution < -0.4 is 0 Å².